The average molecular weight is 563 g/mol. The summed E-state index contributed by atoms with van der Waals surface area (Å²) in [5.74, 6) is 0. The highest BCUT2D eigenvalue weighted by atomic mass is 35.5. The lowest BCUT2D eigenvalue weighted by Gasteiger charge is -2.30. The Balaban J connectivity index is 0.000000213. The van der Waals surface area contributed by atoms with Crippen LogP contribution in [0.4, 0.5) is 11.4 Å². The summed E-state index contributed by atoms with van der Waals surface area (Å²) in [5, 5.41) is 0. The monoisotopic (exact) mass is 562 g/mol. The molecular formula is C33H39ClN2S2. The molecule has 0 spiro atoms. The zero-order valence-corrected chi connectivity index (χ0v) is 25.3. The van der Waals surface area contributed by atoms with Crippen LogP contribution in [0.25, 0.3) is 0 Å². The van der Waals surface area contributed by atoms with Gasteiger partial charge in [0.05, 0.1) is 5.69 Å². The maximum Gasteiger partial charge on any atom is 0.0508 e. The Kier molecular flexibility index (Phi) is 11.5. The minimum absolute atomic E-state index is 0. The fourth-order valence-corrected chi connectivity index (χ4v) is 6.54. The zero-order chi connectivity index (χ0) is 26.2. The highest BCUT2D eigenvalue weighted by Gasteiger charge is 2.15. The molecule has 0 bridgehead atoms. The molecule has 1 saturated heterocycles. The smallest absolute Gasteiger partial charge is 0.0508 e. The second-order valence-electron chi connectivity index (χ2n) is 9.80. The van der Waals surface area contributed by atoms with Gasteiger partial charge in [0.2, 0.25) is 0 Å². The van der Waals surface area contributed by atoms with E-state index in [2.05, 4.69) is 99.3 Å². The summed E-state index contributed by atoms with van der Waals surface area (Å²) < 4.78 is 0. The molecule has 5 heteroatoms. The number of piperidine rings is 1. The molecule has 1 fully saturated rings. The number of hydrogen-bond donors (Lipinski definition) is 1. The third-order valence-electron chi connectivity index (χ3n) is 6.58. The molecule has 2 nitrogen and oxygen atoms in total. The van der Waals surface area contributed by atoms with Crippen LogP contribution in [-0.4, -0.2) is 13.1 Å². The molecule has 0 aliphatic carbocycles. The van der Waals surface area contributed by atoms with Gasteiger partial charge >= 0.3 is 0 Å². The van der Waals surface area contributed by atoms with Crippen LogP contribution in [0.5, 0.6) is 0 Å². The minimum atomic E-state index is 0. The molecule has 2 N–H and O–H groups in total. The number of hydrogen-bond acceptors (Lipinski definition) is 4. The molecule has 38 heavy (non-hydrogen) atoms. The Bertz CT molecular complexity index is 1330. The van der Waals surface area contributed by atoms with Crippen molar-refractivity contribution in [3.63, 3.8) is 0 Å². The number of rotatable bonds is 5. The normalized spacial score (nSPS) is 12.8. The highest BCUT2D eigenvalue weighted by Crippen LogP contribution is 2.38. The molecule has 0 atom stereocenters. The Hall–Kier alpha value is -2.53. The summed E-state index contributed by atoms with van der Waals surface area (Å²) in [5.41, 5.74) is 13.5. The van der Waals surface area contributed by atoms with Gasteiger partial charge in [-0.3, -0.25) is 0 Å². The van der Waals surface area contributed by atoms with Gasteiger partial charge in [-0.25, -0.2) is 0 Å². The van der Waals surface area contributed by atoms with E-state index in [0.717, 1.165) is 10.6 Å². The van der Waals surface area contributed by atoms with Gasteiger partial charge in [0, 0.05) is 38.4 Å². The minimum Gasteiger partial charge on any atom is -0.398 e. The van der Waals surface area contributed by atoms with Gasteiger partial charge in [-0.1, -0.05) is 83.2 Å². The number of aryl methyl sites for hydroxylation is 4. The third kappa shape index (κ3) is 8.23. The van der Waals surface area contributed by atoms with E-state index in [9.17, 15) is 0 Å². The van der Waals surface area contributed by atoms with Crippen molar-refractivity contribution in [2.24, 2.45) is 0 Å². The predicted molar refractivity (Wildman–Crippen MR) is 171 cm³/mol. The number of nitrogen functional groups attached to an aromatic ring is 1. The van der Waals surface area contributed by atoms with Gasteiger partial charge in [-0.05, 0) is 94.5 Å². The topological polar surface area (TPSA) is 29.3 Å². The SMILES string of the molecule is Cc1ccc(Sc2ccccc2N)c(C)c1.Cc1ccc(Sc2ccccc2N2CCCCC2)c(C)c1.Cl. The van der Waals surface area contributed by atoms with Crippen LogP contribution >= 0.6 is 35.9 Å². The molecule has 0 saturated carbocycles. The fraction of sp³-hybridized carbons (Fsp3) is 0.273. The maximum atomic E-state index is 5.93. The molecule has 1 aliphatic rings. The molecule has 0 amide bonds. The molecular weight excluding hydrogens is 524 g/mol. The van der Waals surface area contributed by atoms with Crippen molar-refractivity contribution in [3.05, 3.63) is 107 Å². The van der Waals surface area contributed by atoms with E-state index in [1.807, 2.05) is 30.0 Å². The summed E-state index contributed by atoms with van der Waals surface area (Å²) >= 11 is 3.63. The van der Waals surface area contributed by atoms with Crippen LogP contribution in [0, 0.1) is 27.7 Å². The standard InChI is InChI=1S/C19H23NS.C14H15NS.ClH/c1-15-10-11-18(16(2)14-15)21-19-9-5-4-8-17(19)20-12-6-3-7-13-20;1-10-7-8-13(11(2)9-10)16-14-6-4-3-5-12(14)15;/h4-5,8-11,14H,3,6-7,12-13H2,1-2H3;3-9H,15H2,1-2H3;1H. The molecule has 4 aromatic rings. The Morgan fingerprint density at radius 1 is 0.579 bits per heavy atom. The van der Waals surface area contributed by atoms with E-state index >= 15 is 0 Å². The van der Waals surface area contributed by atoms with Gasteiger partial charge in [0.25, 0.3) is 0 Å². The largest absolute Gasteiger partial charge is 0.398 e. The molecule has 1 heterocycles. The Morgan fingerprint density at radius 2 is 1.08 bits per heavy atom. The van der Waals surface area contributed by atoms with Crippen molar-refractivity contribution in [1.82, 2.24) is 0 Å². The van der Waals surface area contributed by atoms with Crippen LogP contribution in [0.1, 0.15) is 41.5 Å². The number of benzene rings is 4. The lowest BCUT2D eigenvalue weighted by Crippen LogP contribution is -2.29. The summed E-state index contributed by atoms with van der Waals surface area (Å²) in [6.45, 7) is 11.0. The Labute approximate surface area is 243 Å². The van der Waals surface area contributed by atoms with Crippen LogP contribution in [0.15, 0.2) is 105 Å². The number of para-hydroxylation sites is 2. The first-order chi connectivity index (χ1) is 17.9. The first-order valence-corrected chi connectivity index (χ1v) is 14.7. The second-order valence-corrected chi connectivity index (χ2v) is 12.0. The van der Waals surface area contributed by atoms with E-state index in [4.69, 9.17) is 5.73 Å². The molecule has 0 radical (unpaired) electrons. The molecule has 1 aliphatic heterocycles. The number of nitrogens with two attached hydrogens (primary N) is 1. The van der Waals surface area contributed by atoms with E-state index in [1.165, 1.54) is 75.0 Å². The van der Waals surface area contributed by atoms with Crippen molar-refractivity contribution >= 4 is 47.3 Å². The summed E-state index contributed by atoms with van der Waals surface area (Å²) in [4.78, 5) is 7.68. The Morgan fingerprint density at radius 3 is 1.63 bits per heavy atom. The van der Waals surface area contributed by atoms with E-state index in [1.54, 1.807) is 11.8 Å². The number of halogens is 1. The molecule has 5 rings (SSSR count). The first-order valence-electron chi connectivity index (χ1n) is 13.1. The van der Waals surface area contributed by atoms with E-state index in [-0.39, 0.29) is 12.4 Å². The van der Waals surface area contributed by atoms with Crippen LogP contribution in [-0.2, 0) is 0 Å². The van der Waals surface area contributed by atoms with Crippen molar-refractivity contribution in [1.29, 1.82) is 0 Å². The van der Waals surface area contributed by atoms with Crippen LogP contribution in [0.3, 0.4) is 0 Å². The quantitative estimate of drug-likeness (QED) is 0.245. The van der Waals surface area contributed by atoms with Gasteiger partial charge in [-0.15, -0.1) is 12.4 Å². The average Bonchev–Trinajstić information content (AvgIpc) is 2.90. The van der Waals surface area contributed by atoms with Gasteiger partial charge in [-0.2, -0.15) is 0 Å². The fourth-order valence-electron chi connectivity index (χ4n) is 4.58. The van der Waals surface area contributed by atoms with Crippen molar-refractivity contribution in [2.45, 2.75) is 66.5 Å². The molecule has 0 unspecified atom stereocenters. The summed E-state index contributed by atoms with van der Waals surface area (Å²) in [6, 6.07) is 30.0. The van der Waals surface area contributed by atoms with Crippen LogP contribution < -0.4 is 10.6 Å². The van der Waals surface area contributed by atoms with Gasteiger partial charge in [0.15, 0.2) is 0 Å². The first kappa shape index (κ1) is 30.0. The summed E-state index contributed by atoms with van der Waals surface area (Å²) in [6.07, 6.45) is 4.02. The lowest BCUT2D eigenvalue weighted by atomic mass is 10.1. The molecule has 0 aromatic heterocycles. The molecule has 4 aromatic carbocycles. The van der Waals surface area contributed by atoms with Crippen molar-refractivity contribution in [3.8, 4) is 0 Å². The van der Waals surface area contributed by atoms with Gasteiger partial charge in [0.1, 0.15) is 0 Å². The van der Waals surface area contributed by atoms with Crippen molar-refractivity contribution in [2.75, 3.05) is 23.7 Å². The lowest BCUT2D eigenvalue weighted by molar-refractivity contribution is 0.575. The predicted octanol–water partition coefficient (Wildman–Crippen LogP) is 9.90. The summed E-state index contributed by atoms with van der Waals surface area (Å²) in [7, 11) is 0. The number of anilines is 2. The van der Waals surface area contributed by atoms with Crippen LogP contribution in [0.2, 0.25) is 0 Å². The highest BCUT2D eigenvalue weighted by molar-refractivity contribution is 7.99. The molecule has 200 valence electrons. The maximum absolute atomic E-state index is 5.93. The van der Waals surface area contributed by atoms with E-state index in [0.29, 0.717) is 0 Å². The van der Waals surface area contributed by atoms with Gasteiger partial charge < -0.3 is 10.6 Å². The second kappa shape index (κ2) is 14.6. The number of nitrogens with zero attached hydrogens (tertiary/aromatic N) is 1. The third-order valence-corrected chi connectivity index (χ3v) is 9.09. The van der Waals surface area contributed by atoms with Crippen molar-refractivity contribution < 1.29 is 0 Å². The zero-order valence-electron chi connectivity index (χ0n) is 22.9. The van der Waals surface area contributed by atoms with E-state index < -0.39 is 0 Å².